The zero-order valence-electron chi connectivity index (χ0n) is 11.1. The van der Waals surface area contributed by atoms with Gasteiger partial charge in [0.25, 0.3) is 0 Å². The summed E-state index contributed by atoms with van der Waals surface area (Å²) >= 11 is 0. The molecule has 0 saturated carbocycles. The molecule has 3 rings (SSSR count). The van der Waals surface area contributed by atoms with Crippen molar-refractivity contribution in [2.45, 2.75) is 19.8 Å². The largest absolute Gasteiger partial charge is 0.436 e. The average Bonchev–Trinajstić information content (AvgIpc) is 2.82. The molecule has 0 radical (unpaired) electrons. The van der Waals surface area contributed by atoms with E-state index in [0.29, 0.717) is 11.8 Å². The fourth-order valence-corrected chi connectivity index (χ4v) is 2.05. The SMILES string of the molecule is CC(C)c1ccc2oc(-c3ccc(N)cc3)nc2c1. The molecule has 2 aromatic carbocycles. The topological polar surface area (TPSA) is 52.0 Å². The van der Waals surface area contributed by atoms with E-state index in [1.54, 1.807) is 0 Å². The van der Waals surface area contributed by atoms with Crippen molar-refractivity contribution in [1.29, 1.82) is 0 Å². The van der Waals surface area contributed by atoms with Crippen LogP contribution in [0.1, 0.15) is 25.3 Å². The van der Waals surface area contributed by atoms with E-state index in [0.717, 1.165) is 22.4 Å². The van der Waals surface area contributed by atoms with Gasteiger partial charge in [-0.3, -0.25) is 0 Å². The number of benzene rings is 2. The summed E-state index contributed by atoms with van der Waals surface area (Å²) in [4.78, 5) is 4.55. The second-order valence-corrected chi connectivity index (χ2v) is 5.02. The molecule has 0 fully saturated rings. The highest BCUT2D eigenvalue weighted by molar-refractivity contribution is 5.77. The van der Waals surface area contributed by atoms with Gasteiger partial charge in [-0.2, -0.15) is 0 Å². The Balaban J connectivity index is 2.08. The van der Waals surface area contributed by atoms with Gasteiger partial charge in [-0.15, -0.1) is 0 Å². The van der Waals surface area contributed by atoms with Gasteiger partial charge in [-0.1, -0.05) is 19.9 Å². The number of nitrogens with zero attached hydrogens (tertiary/aromatic N) is 1. The van der Waals surface area contributed by atoms with E-state index in [1.807, 2.05) is 30.3 Å². The summed E-state index contributed by atoms with van der Waals surface area (Å²) in [5, 5.41) is 0. The number of anilines is 1. The molecule has 0 unspecified atom stereocenters. The number of oxazole rings is 1. The molecule has 96 valence electrons. The second-order valence-electron chi connectivity index (χ2n) is 5.02. The van der Waals surface area contributed by atoms with Crippen LogP contribution in [0.3, 0.4) is 0 Å². The number of rotatable bonds is 2. The summed E-state index contributed by atoms with van der Waals surface area (Å²) in [6.07, 6.45) is 0. The van der Waals surface area contributed by atoms with Crippen molar-refractivity contribution in [3.63, 3.8) is 0 Å². The zero-order valence-corrected chi connectivity index (χ0v) is 11.1. The minimum atomic E-state index is 0.487. The number of hydrogen-bond acceptors (Lipinski definition) is 3. The van der Waals surface area contributed by atoms with Crippen molar-refractivity contribution in [2.75, 3.05) is 5.73 Å². The highest BCUT2D eigenvalue weighted by Gasteiger charge is 2.09. The van der Waals surface area contributed by atoms with Crippen LogP contribution in [0.2, 0.25) is 0 Å². The van der Waals surface area contributed by atoms with Crippen LogP contribution in [-0.2, 0) is 0 Å². The van der Waals surface area contributed by atoms with E-state index >= 15 is 0 Å². The van der Waals surface area contributed by atoms with Crippen molar-refractivity contribution in [3.05, 3.63) is 48.0 Å². The van der Waals surface area contributed by atoms with Gasteiger partial charge in [0.1, 0.15) is 5.52 Å². The Kier molecular flexibility index (Phi) is 2.75. The van der Waals surface area contributed by atoms with Crippen LogP contribution in [0.25, 0.3) is 22.6 Å². The molecule has 0 bridgehead atoms. The molecule has 0 aliphatic rings. The van der Waals surface area contributed by atoms with Gasteiger partial charge in [0.15, 0.2) is 5.58 Å². The van der Waals surface area contributed by atoms with E-state index < -0.39 is 0 Å². The molecular weight excluding hydrogens is 236 g/mol. The average molecular weight is 252 g/mol. The Morgan fingerprint density at radius 1 is 1.05 bits per heavy atom. The summed E-state index contributed by atoms with van der Waals surface area (Å²) < 4.78 is 5.78. The molecule has 0 atom stereocenters. The monoisotopic (exact) mass is 252 g/mol. The Bertz CT molecular complexity index is 711. The quantitative estimate of drug-likeness (QED) is 0.695. The highest BCUT2D eigenvalue weighted by atomic mass is 16.3. The Morgan fingerprint density at radius 3 is 2.47 bits per heavy atom. The third-order valence-corrected chi connectivity index (χ3v) is 3.24. The van der Waals surface area contributed by atoms with Gasteiger partial charge < -0.3 is 10.2 Å². The van der Waals surface area contributed by atoms with Crippen LogP contribution in [0.4, 0.5) is 5.69 Å². The fourth-order valence-electron chi connectivity index (χ4n) is 2.05. The molecule has 1 heterocycles. The van der Waals surface area contributed by atoms with E-state index in [4.69, 9.17) is 10.2 Å². The molecule has 0 saturated heterocycles. The minimum absolute atomic E-state index is 0.487. The molecule has 3 nitrogen and oxygen atoms in total. The van der Waals surface area contributed by atoms with Gasteiger partial charge in [-0.05, 0) is 47.9 Å². The molecule has 3 heteroatoms. The maximum absolute atomic E-state index is 5.78. The van der Waals surface area contributed by atoms with Crippen LogP contribution in [-0.4, -0.2) is 4.98 Å². The number of nitrogens with two attached hydrogens (primary N) is 1. The van der Waals surface area contributed by atoms with Crippen LogP contribution < -0.4 is 5.73 Å². The van der Waals surface area contributed by atoms with Gasteiger partial charge in [0.2, 0.25) is 5.89 Å². The summed E-state index contributed by atoms with van der Waals surface area (Å²) in [5.41, 5.74) is 10.3. The third kappa shape index (κ3) is 2.19. The molecule has 0 aliphatic heterocycles. The lowest BCUT2D eigenvalue weighted by Crippen LogP contribution is -1.85. The van der Waals surface area contributed by atoms with E-state index in [-0.39, 0.29) is 0 Å². The number of fused-ring (bicyclic) bond motifs is 1. The Labute approximate surface area is 112 Å². The maximum Gasteiger partial charge on any atom is 0.227 e. The van der Waals surface area contributed by atoms with E-state index in [2.05, 4.69) is 31.0 Å². The molecular formula is C16H16N2O. The van der Waals surface area contributed by atoms with Gasteiger partial charge >= 0.3 is 0 Å². The maximum atomic E-state index is 5.78. The number of aromatic nitrogens is 1. The predicted molar refractivity (Wildman–Crippen MR) is 77.9 cm³/mol. The molecule has 0 aliphatic carbocycles. The van der Waals surface area contributed by atoms with E-state index in [9.17, 15) is 0 Å². The van der Waals surface area contributed by atoms with Gasteiger partial charge in [0, 0.05) is 11.3 Å². The van der Waals surface area contributed by atoms with Crippen molar-refractivity contribution in [2.24, 2.45) is 0 Å². The molecule has 2 N–H and O–H groups in total. The first-order valence-corrected chi connectivity index (χ1v) is 6.40. The summed E-state index contributed by atoms with van der Waals surface area (Å²) in [6, 6.07) is 13.7. The minimum Gasteiger partial charge on any atom is -0.436 e. The first kappa shape index (κ1) is 11.8. The van der Waals surface area contributed by atoms with Crippen LogP contribution in [0, 0.1) is 0 Å². The zero-order chi connectivity index (χ0) is 13.4. The number of nitrogen functional groups attached to an aromatic ring is 1. The summed E-state index contributed by atoms with van der Waals surface area (Å²) in [7, 11) is 0. The first-order chi connectivity index (χ1) is 9.13. The summed E-state index contributed by atoms with van der Waals surface area (Å²) in [5.74, 6) is 1.12. The van der Waals surface area contributed by atoms with Crippen molar-refractivity contribution >= 4 is 16.8 Å². The summed E-state index contributed by atoms with van der Waals surface area (Å²) in [6.45, 7) is 4.34. The van der Waals surface area contributed by atoms with E-state index in [1.165, 1.54) is 5.56 Å². The smallest absolute Gasteiger partial charge is 0.227 e. The van der Waals surface area contributed by atoms with Gasteiger partial charge in [-0.25, -0.2) is 4.98 Å². The van der Waals surface area contributed by atoms with Gasteiger partial charge in [0.05, 0.1) is 0 Å². The van der Waals surface area contributed by atoms with Crippen LogP contribution in [0.5, 0.6) is 0 Å². The number of hydrogen-bond donors (Lipinski definition) is 1. The normalized spacial score (nSPS) is 11.3. The fraction of sp³-hybridized carbons (Fsp3) is 0.188. The molecule has 0 spiro atoms. The van der Waals surface area contributed by atoms with Crippen LogP contribution in [0.15, 0.2) is 46.9 Å². The molecule has 19 heavy (non-hydrogen) atoms. The standard InChI is InChI=1S/C16H16N2O/c1-10(2)12-5-8-15-14(9-12)18-16(19-15)11-3-6-13(17)7-4-11/h3-10H,17H2,1-2H3. The molecule has 1 aromatic heterocycles. The first-order valence-electron chi connectivity index (χ1n) is 6.40. The second kappa shape index (κ2) is 4.43. The molecule has 3 aromatic rings. The van der Waals surface area contributed by atoms with Crippen molar-refractivity contribution in [3.8, 4) is 11.5 Å². The van der Waals surface area contributed by atoms with Crippen molar-refractivity contribution in [1.82, 2.24) is 4.98 Å². The highest BCUT2D eigenvalue weighted by Crippen LogP contribution is 2.27. The Hall–Kier alpha value is -2.29. The lowest BCUT2D eigenvalue weighted by molar-refractivity contribution is 0.619. The lowest BCUT2D eigenvalue weighted by atomic mass is 10.0. The van der Waals surface area contributed by atoms with Crippen molar-refractivity contribution < 1.29 is 4.42 Å². The molecule has 0 amide bonds. The van der Waals surface area contributed by atoms with Crippen LogP contribution >= 0.6 is 0 Å². The third-order valence-electron chi connectivity index (χ3n) is 3.24. The lowest BCUT2D eigenvalue weighted by Gasteiger charge is -2.02. The Morgan fingerprint density at radius 2 is 1.79 bits per heavy atom. The predicted octanol–water partition coefficient (Wildman–Crippen LogP) is 4.20.